The van der Waals surface area contributed by atoms with Crippen molar-refractivity contribution in [3.8, 4) is 11.3 Å². The van der Waals surface area contributed by atoms with Gasteiger partial charge >= 0.3 is 5.97 Å². The lowest BCUT2D eigenvalue weighted by molar-refractivity contribution is 0.0600. The molecule has 0 aliphatic carbocycles. The molecule has 0 radical (unpaired) electrons. The van der Waals surface area contributed by atoms with Gasteiger partial charge in [0.1, 0.15) is 5.69 Å². The SMILES string of the molecule is COC(=O)c1ccc(Nc2nnc(-c3ccc(C)c(S(=O)(=O)NC[C@H]4CCCO4)c3)c3ccccc23)cc1. The van der Waals surface area contributed by atoms with Gasteiger partial charge in [-0.3, -0.25) is 0 Å². The monoisotopic (exact) mass is 532 g/mol. The Hall–Kier alpha value is -3.86. The summed E-state index contributed by atoms with van der Waals surface area (Å²) in [7, 11) is -2.41. The molecule has 38 heavy (non-hydrogen) atoms. The molecule has 1 fully saturated rings. The Morgan fingerprint density at radius 2 is 1.82 bits per heavy atom. The predicted octanol–water partition coefficient (Wildman–Crippen LogP) is 4.59. The van der Waals surface area contributed by atoms with Crippen LogP contribution in [0.15, 0.2) is 71.6 Å². The van der Waals surface area contributed by atoms with Crippen molar-refractivity contribution in [2.24, 2.45) is 0 Å². The summed E-state index contributed by atoms with van der Waals surface area (Å²) in [6, 6.07) is 19.8. The molecule has 1 saturated heterocycles. The van der Waals surface area contributed by atoms with E-state index in [-0.39, 0.29) is 17.5 Å². The predicted molar refractivity (Wildman–Crippen MR) is 145 cm³/mol. The molecular formula is C28H28N4O5S. The average molecular weight is 533 g/mol. The fraction of sp³-hybridized carbons (Fsp3) is 0.250. The maximum atomic E-state index is 13.2. The van der Waals surface area contributed by atoms with Crippen LogP contribution in [0.1, 0.15) is 28.8 Å². The summed E-state index contributed by atoms with van der Waals surface area (Å²) in [6.45, 7) is 2.68. The normalized spacial score (nSPS) is 15.5. The third-order valence-corrected chi connectivity index (χ3v) is 8.10. The second-order valence-corrected chi connectivity index (χ2v) is 10.8. The van der Waals surface area contributed by atoms with E-state index in [1.54, 1.807) is 43.3 Å². The van der Waals surface area contributed by atoms with Crippen molar-refractivity contribution in [2.45, 2.75) is 30.8 Å². The highest BCUT2D eigenvalue weighted by atomic mass is 32.2. The van der Waals surface area contributed by atoms with Crippen LogP contribution in [0.5, 0.6) is 0 Å². The lowest BCUT2D eigenvalue weighted by Gasteiger charge is -2.15. The summed E-state index contributed by atoms with van der Waals surface area (Å²) in [4.78, 5) is 11.9. The van der Waals surface area contributed by atoms with E-state index < -0.39 is 16.0 Å². The summed E-state index contributed by atoms with van der Waals surface area (Å²) in [5.74, 6) is 0.126. The molecule has 5 rings (SSSR count). The number of anilines is 2. The highest BCUT2D eigenvalue weighted by Gasteiger charge is 2.23. The molecule has 1 aromatic heterocycles. The number of benzene rings is 3. The van der Waals surface area contributed by atoms with Crippen molar-refractivity contribution in [1.29, 1.82) is 0 Å². The number of rotatable bonds is 8. The van der Waals surface area contributed by atoms with Gasteiger partial charge in [0.05, 0.1) is 23.7 Å². The zero-order chi connectivity index (χ0) is 26.7. The molecule has 9 nitrogen and oxygen atoms in total. The highest BCUT2D eigenvalue weighted by Crippen LogP contribution is 2.33. The number of hydrogen-bond donors (Lipinski definition) is 2. The molecule has 0 bridgehead atoms. The number of aromatic nitrogens is 2. The first kappa shape index (κ1) is 25.8. The number of hydrogen-bond acceptors (Lipinski definition) is 8. The first-order valence-electron chi connectivity index (χ1n) is 12.3. The van der Waals surface area contributed by atoms with Gasteiger partial charge in [0, 0.05) is 35.2 Å². The van der Waals surface area contributed by atoms with Crippen molar-refractivity contribution < 1.29 is 22.7 Å². The Balaban J connectivity index is 1.46. The maximum absolute atomic E-state index is 13.2. The first-order chi connectivity index (χ1) is 18.4. The summed E-state index contributed by atoms with van der Waals surface area (Å²) in [5, 5.41) is 13.8. The zero-order valence-corrected chi connectivity index (χ0v) is 21.9. The van der Waals surface area contributed by atoms with Gasteiger partial charge in [0.15, 0.2) is 5.82 Å². The van der Waals surface area contributed by atoms with Crippen molar-refractivity contribution in [1.82, 2.24) is 14.9 Å². The molecule has 0 spiro atoms. The van der Waals surface area contributed by atoms with E-state index in [9.17, 15) is 13.2 Å². The fourth-order valence-corrected chi connectivity index (χ4v) is 5.81. The number of ether oxygens (including phenoxy) is 2. The van der Waals surface area contributed by atoms with E-state index in [1.165, 1.54) is 7.11 Å². The van der Waals surface area contributed by atoms with E-state index in [2.05, 4.69) is 20.2 Å². The van der Waals surface area contributed by atoms with Crippen molar-refractivity contribution in [2.75, 3.05) is 25.6 Å². The lowest BCUT2D eigenvalue weighted by Crippen LogP contribution is -2.32. The highest BCUT2D eigenvalue weighted by molar-refractivity contribution is 7.89. The number of esters is 1. The number of nitrogens with one attached hydrogen (secondary N) is 2. The molecule has 0 amide bonds. The zero-order valence-electron chi connectivity index (χ0n) is 21.1. The van der Waals surface area contributed by atoms with Gasteiger partial charge in [-0.05, 0) is 55.7 Å². The van der Waals surface area contributed by atoms with Crippen molar-refractivity contribution in [3.63, 3.8) is 0 Å². The van der Waals surface area contributed by atoms with Crippen molar-refractivity contribution in [3.05, 3.63) is 77.9 Å². The van der Waals surface area contributed by atoms with E-state index in [1.807, 2.05) is 30.3 Å². The molecule has 0 unspecified atom stereocenters. The minimum atomic E-state index is -3.75. The number of carbonyl (C=O) groups is 1. The second-order valence-electron chi connectivity index (χ2n) is 9.10. The Labute approximate surface area is 221 Å². The van der Waals surface area contributed by atoms with Crippen LogP contribution in [-0.4, -0.2) is 50.9 Å². The number of methoxy groups -OCH3 is 1. The fourth-order valence-electron chi connectivity index (χ4n) is 4.48. The van der Waals surface area contributed by atoms with Crippen LogP contribution in [0.3, 0.4) is 0 Å². The molecule has 0 saturated carbocycles. The van der Waals surface area contributed by atoms with Gasteiger partial charge in [-0.25, -0.2) is 17.9 Å². The molecule has 196 valence electrons. The van der Waals surface area contributed by atoms with E-state index in [4.69, 9.17) is 9.47 Å². The summed E-state index contributed by atoms with van der Waals surface area (Å²) >= 11 is 0. The quantitative estimate of drug-likeness (QED) is 0.316. The maximum Gasteiger partial charge on any atom is 0.337 e. The molecule has 2 heterocycles. The lowest BCUT2D eigenvalue weighted by atomic mass is 10.0. The van der Waals surface area contributed by atoms with E-state index in [0.29, 0.717) is 34.8 Å². The minimum Gasteiger partial charge on any atom is -0.465 e. The van der Waals surface area contributed by atoms with Crippen molar-refractivity contribution >= 4 is 38.3 Å². The molecule has 4 aromatic rings. The van der Waals surface area contributed by atoms with Crippen LogP contribution in [0.2, 0.25) is 0 Å². The van der Waals surface area contributed by atoms with Crippen LogP contribution < -0.4 is 10.0 Å². The molecule has 1 atom stereocenters. The smallest absolute Gasteiger partial charge is 0.337 e. The van der Waals surface area contributed by atoms with Crippen LogP contribution in [0, 0.1) is 6.92 Å². The van der Waals surface area contributed by atoms with Crippen LogP contribution >= 0.6 is 0 Å². The molecule has 1 aliphatic rings. The average Bonchev–Trinajstić information content (AvgIpc) is 3.46. The summed E-state index contributed by atoms with van der Waals surface area (Å²) < 4.78 is 39.3. The topological polar surface area (TPSA) is 120 Å². The molecule has 1 aliphatic heterocycles. The third-order valence-electron chi connectivity index (χ3n) is 6.53. The number of aryl methyl sites for hydroxylation is 1. The van der Waals surface area contributed by atoms with Gasteiger partial charge in [-0.15, -0.1) is 10.2 Å². The third kappa shape index (κ3) is 5.38. The van der Waals surface area contributed by atoms with E-state index >= 15 is 0 Å². The molecular weight excluding hydrogens is 504 g/mol. The Morgan fingerprint density at radius 1 is 1.05 bits per heavy atom. The van der Waals surface area contributed by atoms with Crippen LogP contribution in [0.25, 0.3) is 22.0 Å². The summed E-state index contributed by atoms with van der Waals surface area (Å²) in [5.41, 5.74) is 3.03. The van der Waals surface area contributed by atoms with Gasteiger partial charge in [0.2, 0.25) is 10.0 Å². The van der Waals surface area contributed by atoms with Crippen LogP contribution in [0.4, 0.5) is 11.5 Å². The van der Waals surface area contributed by atoms with Crippen LogP contribution in [-0.2, 0) is 19.5 Å². The van der Waals surface area contributed by atoms with Gasteiger partial charge in [-0.2, -0.15) is 0 Å². The number of sulfonamides is 1. The number of fused-ring (bicyclic) bond motifs is 1. The molecule has 3 aromatic carbocycles. The first-order valence-corrected chi connectivity index (χ1v) is 13.8. The largest absolute Gasteiger partial charge is 0.465 e. The number of carbonyl (C=O) groups excluding carboxylic acids is 1. The Morgan fingerprint density at radius 3 is 2.53 bits per heavy atom. The van der Waals surface area contributed by atoms with Gasteiger partial charge < -0.3 is 14.8 Å². The number of nitrogens with zero attached hydrogens (tertiary/aromatic N) is 2. The Bertz CT molecular complexity index is 1580. The molecule has 2 N–H and O–H groups in total. The standard InChI is InChI=1S/C28H28N4O5S/c1-18-9-10-20(16-25(18)38(34,35)29-17-22-6-5-15-37-22)26-23-7-3-4-8-24(23)27(32-31-26)30-21-13-11-19(12-14-21)28(33)36-2/h3-4,7-14,16,22,29H,5-6,15,17H2,1-2H3,(H,30,32)/t22-/m1/s1. The summed E-state index contributed by atoms with van der Waals surface area (Å²) in [6.07, 6.45) is 1.69. The molecule has 10 heteroatoms. The van der Waals surface area contributed by atoms with Gasteiger partial charge in [-0.1, -0.05) is 36.4 Å². The second kappa shape index (κ2) is 10.9. The van der Waals surface area contributed by atoms with Gasteiger partial charge in [0.25, 0.3) is 0 Å². The minimum absolute atomic E-state index is 0.0974. The Kier molecular flexibility index (Phi) is 7.37. The van der Waals surface area contributed by atoms with E-state index in [0.717, 1.165) is 29.3 Å².